The normalized spacial score (nSPS) is 13.8. The molecule has 1 aromatic heterocycles. The summed E-state index contributed by atoms with van der Waals surface area (Å²) >= 11 is 8.01. The van der Waals surface area contributed by atoms with E-state index < -0.39 is 16.4 Å². The fourth-order valence-corrected chi connectivity index (χ4v) is 3.61. The van der Waals surface area contributed by atoms with Gasteiger partial charge in [0.05, 0.1) is 0 Å². The van der Waals surface area contributed by atoms with Crippen LogP contribution in [0.5, 0.6) is 0 Å². The molecule has 1 heterocycles. The van der Waals surface area contributed by atoms with Crippen LogP contribution in [0.4, 0.5) is 0 Å². The van der Waals surface area contributed by atoms with Gasteiger partial charge in [-0.15, -0.1) is 11.6 Å². The maximum atomic E-state index is 13.0. The third-order valence-corrected chi connectivity index (χ3v) is 5.73. The molecule has 0 aliphatic carbocycles. The summed E-state index contributed by atoms with van der Waals surface area (Å²) in [6, 6.07) is 21.6. The first-order chi connectivity index (χ1) is 12.5. The highest BCUT2D eigenvalue weighted by atomic mass is 35.5. The first-order valence-corrected chi connectivity index (χ1v) is 9.89. The quantitative estimate of drug-likeness (QED) is 0.385. The Morgan fingerprint density at radius 3 is 1.92 bits per heavy atom. The topological polar surface area (TPSA) is 26.3 Å². The molecule has 3 aromatic rings. The van der Waals surface area contributed by atoms with Crippen molar-refractivity contribution in [2.75, 3.05) is 0 Å². The standard InChI is InChI=1S/C22H21ClO2S/c1-3-21(2,23)20(24)25-22(19-14-15-26-16-19,17-10-6-4-7-11-17)18-12-8-5-9-13-18/h4-16H,3H2,1-2H3. The number of hydrogen-bond donors (Lipinski definition) is 0. The first kappa shape index (κ1) is 18.7. The van der Waals surface area contributed by atoms with E-state index in [4.69, 9.17) is 16.3 Å². The average Bonchev–Trinajstić information content (AvgIpc) is 3.22. The fraction of sp³-hybridized carbons (Fsp3) is 0.227. The Bertz CT molecular complexity index is 803. The van der Waals surface area contributed by atoms with Crippen LogP contribution in [0.2, 0.25) is 0 Å². The molecule has 2 nitrogen and oxygen atoms in total. The van der Waals surface area contributed by atoms with Crippen LogP contribution in [0, 0.1) is 0 Å². The summed E-state index contributed by atoms with van der Waals surface area (Å²) in [5.74, 6) is -0.430. The molecule has 134 valence electrons. The minimum absolute atomic E-state index is 0.430. The molecule has 0 bridgehead atoms. The molecule has 0 saturated heterocycles. The third-order valence-electron chi connectivity index (χ3n) is 4.62. The summed E-state index contributed by atoms with van der Waals surface area (Å²) in [5.41, 5.74) is 1.66. The van der Waals surface area contributed by atoms with Crippen molar-refractivity contribution in [2.45, 2.75) is 30.7 Å². The zero-order valence-corrected chi connectivity index (χ0v) is 16.4. The molecule has 0 amide bonds. The van der Waals surface area contributed by atoms with Gasteiger partial charge in [-0.05, 0) is 30.2 Å². The molecule has 0 fully saturated rings. The summed E-state index contributed by atoms with van der Waals surface area (Å²) in [6.45, 7) is 3.58. The lowest BCUT2D eigenvalue weighted by atomic mass is 9.81. The summed E-state index contributed by atoms with van der Waals surface area (Å²) in [6.07, 6.45) is 0.483. The Morgan fingerprint density at radius 2 is 1.50 bits per heavy atom. The molecule has 0 aliphatic rings. The molecule has 0 radical (unpaired) electrons. The van der Waals surface area contributed by atoms with Crippen LogP contribution < -0.4 is 0 Å². The molecule has 0 saturated carbocycles. The van der Waals surface area contributed by atoms with Gasteiger partial charge < -0.3 is 4.74 Å². The summed E-state index contributed by atoms with van der Waals surface area (Å²) in [5, 5.41) is 4.01. The van der Waals surface area contributed by atoms with Crippen LogP contribution in [-0.4, -0.2) is 10.8 Å². The Kier molecular flexibility index (Phi) is 5.49. The second-order valence-corrected chi connectivity index (χ2v) is 7.98. The molecule has 1 unspecified atom stereocenters. The van der Waals surface area contributed by atoms with Gasteiger partial charge in [-0.3, -0.25) is 4.79 Å². The van der Waals surface area contributed by atoms with E-state index in [1.807, 2.05) is 84.4 Å². The van der Waals surface area contributed by atoms with Gasteiger partial charge in [0.15, 0.2) is 5.60 Å². The number of thiophene rings is 1. The van der Waals surface area contributed by atoms with Crippen molar-refractivity contribution >= 4 is 28.9 Å². The average molecular weight is 385 g/mol. The minimum atomic E-state index is -1.08. The number of alkyl halides is 1. The van der Waals surface area contributed by atoms with Gasteiger partial charge in [-0.2, -0.15) is 11.3 Å². The highest BCUT2D eigenvalue weighted by Gasteiger charge is 2.44. The van der Waals surface area contributed by atoms with Gasteiger partial charge >= 0.3 is 5.97 Å². The number of rotatable bonds is 6. The Balaban J connectivity index is 2.25. The Morgan fingerprint density at radius 1 is 0.962 bits per heavy atom. The highest BCUT2D eigenvalue weighted by molar-refractivity contribution is 7.08. The number of halogens is 1. The minimum Gasteiger partial charge on any atom is -0.443 e. The SMILES string of the molecule is CCC(C)(Cl)C(=O)OC(c1ccccc1)(c1ccccc1)c1ccsc1. The van der Waals surface area contributed by atoms with E-state index in [-0.39, 0.29) is 0 Å². The molecule has 0 spiro atoms. The molecular formula is C22H21ClO2S. The van der Waals surface area contributed by atoms with Crippen molar-refractivity contribution in [1.29, 1.82) is 0 Å². The van der Waals surface area contributed by atoms with Crippen LogP contribution in [0.15, 0.2) is 77.5 Å². The number of hydrogen-bond acceptors (Lipinski definition) is 3. The van der Waals surface area contributed by atoms with Crippen LogP contribution in [0.3, 0.4) is 0 Å². The van der Waals surface area contributed by atoms with Crippen LogP contribution in [0.1, 0.15) is 37.0 Å². The lowest BCUT2D eigenvalue weighted by molar-refractivity contribution is -0.156. The number of carbonyl (C=O) groups excluding carboxylic acids is 1. The highest BCUT2D eigenvalue weighted by Crippen LogP contribution is 2.42. The van der Waals surface area contributed by atoms with E-state index in [1.54, 1.807) is 18.3 Å². The second kappa shape index (κ2) is 7.65. The fourth-order valence-electron chi connectivity index (χ4n) is 2.88. The van der Waals surface area contributed by atoms with Crippen molar-refractivity contribution in [3.05, 3.63) is 94.2 Å². The maximum absolute atomic E-state index is 13.0. The van der Waals surface area contributed by atoms with E-state index in [1.165, 1.54) is 0 Å². The Labute approximate surface area is 163 Å². The van der Waals surface area contributed by atoms with Crippen molar-refractivity contribution < 1.29 is 9.53 Å². The molecule has 0 aliphatic heterocycles. The van der Waals surface area contributed by atoms with Gasteiger partial charge in [0.25, 0.3) is 0 Å². The van der Waals surface area contributed by atoms with Crippen LogP contribution in [0.25, 0.3) is 0 Å². The molecule has 3 rings (SSSR count). The number of carbonyl (C=O) groups is 1. The monoisotopic (exact) mass is 384 g/mol. The molecule has 26 heavy (non-hydrogen) atoms. The van der Waals surface area contributed by atoms with Gasteiger partial charge in [-0.1, -0.05) is 67.6 Å². The molecular weight excluding hydrogens is 364 g/mol. The van der Waals surface area contributed by atoms with E-state index in [9.17, 15) is 4.79 Å². The molecule has 4 heteroatoms. The van der Waals surface area contributed by atoms with Gasteiger partial charge in [0.2, 0.25) is 0 Å². The smallest absolute Gasteiger partial charge is 0.328 e. The predicted molar refractivity (Wildman–Crippen MR) is 108 cm³/mol. The first-order valence-electron chi connectivity index (χ1n) is 8.57. The number of esters is 1. The van der Waals surface area contributed by atoms with E-state index in [0.29, 0.717) is 6.42 Å². The van der Waals surface area contributed by atoms with E-state index in [0.717, 1.165) is 16.7 Å². The number of benzene rings is 2. The summed E-state index contributed by atoms with van der Waals surface area (Å²) < 4.78 is 6.25. The zero-order chi connectivity index (χ0) is 18.6. The Hall–Kier alpha value is -2.10. The van der Waals surface area contributed by atoms with E-state index in [2.05, 4.69) is 0 Å². The van der Waals surface area contributed by atoms with Crippen LogP contribution in [-0.2, 0) is 15.1 Å². The molecule has 1 atom stereocenters. The van der Waals surface area contributed by atoms with E-state index >= 15 is 0 Å². The maximum Gasteiger partial charge on any atom is 0.328 e. The lowest BCUT2D eigenvalue weighted by Crippen LogP contribution is -2.41. The number of ether oxygens (including phenoxy) is 1. The van der Waals surface area contributed by atoms with Crippen molar-refractivity contribution in [2.24, 2.45) is 0 Å². The molecule has 2 aromatic carbocycles. The largest absolute Gasteiger partial charge is 0.443 e. The second-order valence-electron chi connectivity index (χ2n) is 6.37. The van der Waals surface area contributed by atoms with Crippen molar-refractivity contribution in [3.63, 3.8) is 0 Å². The third kappa shape index (κ3) is 3.42. The lowest BCUT2D eigenvalue weighted by Gasteiger charge is -2.36. The summed E-state index contributed by atoms with van der Waals surface area (Å²) in [7, 11) is 0. The zero-order valence-electron chi connectivity index (χ0n) is 14.8. The van der Waals surface area contributed by atoms with Crippen molar-refractivity contribution in [1.82, 2.24) is 0 Å². The van der Waals surface area contributed by atoms with Crippen molar-refractivity contribution in [3.8, 4) is 0 Å². The van der Waals surface area contributed by atoms with Gasteiger partial charge in [0.1, 0.15) is 4.87 Å². The molecule has 0 N–H and O–H groups in total. The van der Waals surface area contributed by atoms with Crippen LogP contribution >= 0.6 is 22.9 Å². The van der Waals surface area contributed by atoms with Gasteiger partial charge in [0, 0.05) is 16.7 Å². The van der Waals surface area contributed by atoms with Gasteiger partial charge in [-0.25, -0.2) is 0 Å². The predicted octanol–water partition coefficient (Wildman–Crippen LogP) is 5.99. The summed E-state index contributed by atoms with van der Waals surface area (Å²) in [4.78, 5) is 11.9.